The third-order valence-corrected chi connectivity index (χ3v) is 3.88. The predicted octanol–water partition coefficient (Wildman–Crippen LogP) is 1.07. The van der Waals surface area contributed by atoms with E-state index in [9.17, 15) is 14.4 Å². The monoisotopic (exact) mass is 323 g/mol. The van der Waals surface area contributed by atoms with Gasteiger partial charge >= 0.3 is 5.69 Å². The maximum Gasteiger partial charge on any atom is 0.327 e. The molecule has 2 N–H and O–H groups in total. The summed E-state index contributed by atoms with van der Waals surface area (Å²) in [6.07, 6.45) is 0.577. The highest BCUT2D eigenvalue weighted by Crippen LogP contribution is 2.25. The molecule has 1 fully saturated rings. The number of halogens is 1. The fourth-order valence-electron chi connectivity index (χ4n) is 2.35. The summed E-state index contributed by atoms with van der Waals surface area (Å²) in [6.45, 7) is 0. The number of amides is 2. The summed E-state index contributed by atoms with van der Waals surface area (Å²) in [4.78, 5) is 37.8. The topological polar surface area (TPSA) is 84.0 Å². The van der Waals surface area contributed by atoms with Crippen molar-refractivity contribution in [3.63, 3.8) is 0 Å². The highest BCUT2D eigenvalue weighted by atomic mass is 79.9. The normalized spacial score (nSPS) is 19.7. The van der Waals surface area contributed by atoms with Crippen molar-refractivity contribution in [2.24, 2.45) is 0 Å². The van der Waals surface area contributed by atoms with Gasteiger partial charge in [0.15, 0.2) is 0 Å². The number of H-pyrrole nitrogens is 1. The number of carbonyl (C=O) groups is 2. The lowest BCUT2D eigenvalue weighted by Gasteiger charge is -2.21. The van der Waals surface area contributed by atoms with E-state index in [-0.39, 0.29) is 18.0 Å². The molecule has 1 aliphatic heterocycles. The van der Waals surface area contributed by atoms with E-state index in [2.05, 4.69) is 26.2 Å². The fraction of sp³-hybridized carbons (Fsp3) is 0.250. The zero-order chi connectivity index (χ0) is 13.6. The van der Waals surface area contributed by atoms with Gasteiger partial charge in [-0.1, -0.05) is 6.07 Å². The molecule has 0 saturated carbocycles. The summed E-state index contributed by atoms with van der Waals surface area (Å²) < 4.78 is 2.16. The molecule has 1 saturated heterocycles. The van der Waals surface area contributed by atoms with Crippen molar-refractivity contribution in [2.45, 2.75) is 18.9 Å². The number of carbonyl (C=O) groups excluding carboxylic acids is 2. The van der Waals surface area contributed by atoms with Gasteiger partial charge in [-0.25, -0.2) is 4.79 Å². The number of para-hydroxylation sites is 1. The Labute approximate surface area is 115 Å². The van der Waals surface area contributed by atoms with Crippen LogP contribution in [0.15, 0.2) is 27.5 Å². The molecule has 1 unspecified atom stereocenters. The van der Waals surface area contributed by atoms with Crippen molar-refractivity contribution in [1.29, 1.82) is 0 Å². The van der Waals surface area contributed by atoms with Crippen LogP contribution in [0, 0.1) is 0 Å². The Kier molecular flexibility index (Phi) is 2.78. The Morgan fingerprint density at radius 1 is 1.26 bits per heavy atom. The van der Waals surface area contributed by atoms with Gasteiger partial charge in [-0.15, -0.1) is 0 Å². The first-order valence-corrected chi connectivity index (χ1v) is 6.59. The minimum absolute atomic E-state index is 0.240. The van der Waals surface area contributed by atoms with Crippen molar-refractivity contribution in [2.75, 3.05) is 0 Å². The molecule has 0 spiro atoms. The molecule has 98 valence electrons. The average molecular weight is 324 g/mol. The Hall–Kier alpha value is -1.89. The van der Waals surface area contributed by atoms with Crippen molar-refractivity contribution in [3.05, 3.63) is 33.2 Å². The number of nitrogens with one attached hydrogen (secondary N) is 2. The van der Waals surface area contributed by atoms with E-state index in [0.29, 0.717) is 17.5 Å². The number of hydrogen-bond donors (Lipinski definition) is 2. The minimum atomic E-state index is -0.645. The van der Waals surface area contributed by atoms with Crippen LogP contribution in [-0.4, -0.2) is 21.4 Å². The zero-order valence-corrected chi connectivity index (χ0v) is 11.4. The fourth-order valence-corrected chi connectivity index (χ4v) is 2.81. The van der Waals surface area contributed by atoms with Crippen LogP contribution >= 0.6 is 15.9 Å². The van der Waals surface area contributed by atoms with E-state index in [1.807, 2.05) is 6.07 Å². The van der Waals surface area contributed by atoms with Gasteiger partial charge in [-0.2, -0.15) is 0 Å². The number of aromatic amines is 1. The minimum Gasteiger partial charge on any atom is -0.305 e. The Morgan fingerprint density at radius 3 is 2.79 bits per heavy atom. The third-order valence-electron chi connectivity index (χ3n) is 3.22. The van der Waals surface area contributed by atoms with Crippen molar-refractivity contribution in [1.82, 2.24) is 14.9 Å². The maximum absolute atomic E-state index is 12.0. The van der Waals surface area contributed by atoms with Gasteiger partial charge in [0.25, 0.3) is 0 Å². The van der Waals surface area contributed by atoms with Crippen LogP contribution < -0.4 is 11.0 Å². The number of nitrogens with zero attached hydrogens (tertiary/aromatic N) is 1. The van der Waals surface area contributed by atoms with Gasteiger partial charge in [0.1, 0.15) is 6.04 Å². The first-order chi connectivity index (χ1) is 9.08. The number of hydrogen-bond acceptors (Lipinski definition) is 3. The zero-order valence-electron chi connectivity index (χ0n) is 9.77. The number of imide groups is 1. The largest absolute Gasteiger partial charge is 0.327 e. The third kappa shape index (κ3) is 1.90. The molecule has 1 atom stereocenters. The molecular formula is C12H10BrN3O3. The van der Waals surface area contributed by atoms with Crippen LogP contribution in [-0.2, 0) is 9.59 Å². The van der Waals surface area contributed by atoms with Crippen LogP contribution in [0.5, 0.6) is 0 Å². The summed E-state index contributed by atoms with van der Waals surface area (Å²) in [7, 11) is 0. The highest BCUT2D eigenvalue weighted by molar-refractivity contribution is 9.10. The van der Waals surface area contributed by atoms with Crippen molar-refractivity contribution < 1.29 is 9.59 Å². The first kappa shape index (κ1) is 12.2. The van der Waals surface area contributed by atoms with Gasteiger partial charge in [-0.3, -0.25) is 19.5 Å². The van der Waals surface area contributed by atoms with Gasteiger partial charge in [0.2, 0.25) is 11.8 Å². The lowest BCUT2D eigenvalue weighted by Crippen LogP contribution is -2.43. The van der Waals surface area contributed by atoms with Gasteiger partial charge < -0.3 is 4.98 Å². The molecule has 19 heavy (non-hydrogen) atoms. The molecular weight excluding hydrogens is 314 g/mol. The molecule has 6 nitrogen and oxygen atoms in total. The number of rotatable bonds is 1. The van der Waals surface area contributed by atoms with Gasteiger partial charge in [-0.05, 0) is 34.5 Å². The Morgan fingerprint density at radius 2 is 2.05 bits per heavy atom. The first-order valence-electron chi connectivity index (χ1n) is 5.80. The van der Waals surface area contributed by atoms with Crippen LogP contribution in [0.3, 0.4) is 0 Å². The smallest absolute Gasteiger partial charge is 0.305 e. The second-order valence-electron chi connectivity index (χ2n) is 4.40. The van der Waals surface area contributed by atoms with Crippen LogP contribution in [0.25, 0.3) is 11.0 Å². The number of imidazole rings is 1. The van der Waals surface area contributed by atoms with Gasteiger partial charge in [0, 0.05) is 10.9 Å². The second kappa shape index (κ2) is 4.34. The maximum atomic E-state index is 12.0. The van der Waals surface area contributed by atoms with Crippen molar-refractivity contribution >= 4 is 38.8 Å². The molecule has 7 heteroatoms. The average Bonchev–Trinajstić information content (AvgIpc) is 2.68. The standard InChI is InChI=1S/C12H10BrN3O3/c13-6-2-1-3-7-10(6)15-12(19)16(7)8-4-5-9(17)14-11(8)18/h1-3,8H,4-5H2,(H,15,19)(H,14,17,18). The molecule has 2 amide bonds. The van der Waals surface area contributed by atoms with Gasteiger partial charge in [0.05, 0.1) is 11.0 Å². The highest BCUT2D eigenvalue weighted by Gasteiger charge is 2.30. The molecule has 3 rings (SSSR count). The summed E-state index contributed by atoms with van der Waals surface area (Å²) in [5.74, 6) is -0.727. The molecule has 0 radical (unpaired) electrons. The predicted molar refractivity (Wildman–Crippen MR) is 71.7 cm³/mol. The van der Waals surface area contributed by atoms with E-state index in [4.69, 9.17) is 0 Å². The summed E-state index contributed by atoms with van der Waals surface area (Å²) >= 11 is 3.35. The Balaban J connectivity index is 2.18. The summed E-state index contributed by atoms with van der Waals surface area (Å²) in [5.41, 5.74) is 0.947. The van der Waals surface area contributed by atoms with E-state index >= 15 is 0 Å². The van der Waals surface area contributed by atoms with Crippen LogP contribution in [0.4, 0.5) is 0 Å². The quantitative estimate of drug-likeness (QED) is 0.770. The molecule has 0 aliphatic carbocycles. The molecule has 2 aromatic rings. The number of aromatic nitrogens is 2. The summed E-state index contributed by atoms with van der Waals surface area (Å²) in [5, 5.41) is 2.26. The number of fused-ring (bicyclic) bond motifs is 1. The van der Waals surface area contributed by atoms with E-state index in [1.165, 1.54) is 4.57 Å². The van der Waals surface area contributed by atoms with E-state index < -0.39 is 11.9 Å². The summed E-state index contributed by atoms with van der Waals surface area (Å²) in [6, 6.07) is 4.73. The second-order valence-corrected chi connectivity index (χ2v) is 5.26. The Bertz CT molecular complexity index is 746. The van der Waals surface area contributed by atoms with E-state index in [0.717, 1.165) is 4.47 Å². The number of piperidine rings is 1. The molecule has 2 heterocycles. The van der Waals surface area contributed by atoms with E-state index in [1.54, 1.807) is 12.1 Å². The lowest BCUT2D eigenvalue weighted by atomic mass is 10.1. The molecule has 1 aromatic heterocycles. The number of benzene rings is 1. The van der Waals surface area contributed by atoms with Crippen LogP contribution in [0.1, 0.15) is 18.9 Å². The molecule has 1 aliphatic rings. The van der Waals surface area contributed by atoms with Crippen LogP contribution in [0.2, 0.25) is 0 Å². The van der Waals surface area contributed by atoms with Crippen molar-refractivity contribution in [3.8, 4) is 0 Å². The molecule has 0 bridgehead atoms. The lowest BCUT2D eigenvalue weighted by molar-refractivity contribution is -0.135. The molecule has 1 aromatic carbocycles. The SMILES string of the molecule is O=C1CCC(n2c(=O)[nH]c3c(Br)cccc32)C(=O)N1.